The summed E-state index contributed by atoms with van der Waals surface area (Å²) >= 11 is 0. The van der Waals surface area contributed by atoms with Gasteiger partial charge in [-0.2, -0.15) is 0 Å². The van der Waals surface area contributed by atoms with E-state index < -0.39 is 0 Å². The van der Waals surface area contributed by atoms with Crippen LogP contribution in [-0.4, -0.2) is 9.38 Å². The molecule has 55 valence electrons. The summed E-state index contributed by atoms with van der Waals surface area (Å²) in [4.78, 5) is 3.96. The maximum atomic E-state index is 12.8. The summed E-state index contributed by atoms with van der Waals surface area (Å²) in [7, 11) is 0. The minimum Gasteiger partial charge on any atom is -0.304 e. The van der Waals surface area contributed by atoms with Gasteiger partial charge in [0.05, 0.1) is 0 Å². The van der Waals surface area contributed by atoms with E-state index in [1.807, 2.05) is 0 Å². The van der Waals surface area contributed by atoms with Gasteiger partial charge in [0.15, 0.2) is 0 Å². The molecule has 0 saturated heterocycles. The lowest BCUT2D eigenvalue weighted by Crippen LogP contribution is -1.89. The molecule has 2 rings (SSSR count). The topological polar surface area (TPSA) is 17.3 Å². The van der Waals surface area contributed by atoms with Gasteiger partial charge >= 0.3 is 0 Å². The molecule has 0 amide bonds. The second-order valence-electron chi connectivity index (χ2n) is 2.39. The molecule has 0 aromatic carbocycles. The van der Waals surface area contributed by atoms with Crippen molar-refractivity contribution in [3.63, 3.8) is 0 Å². The number of aromatic nitrogens is 2. The molecule has 0 aliphatic carbocycles. The number of halogens is 1. The first-order chi connectivity index (χ1) is 5.27. The highest BCUT2D eigenvalue weighted by atomic mass is 19.1. The molecule has 0 aliphatic heterocycles. The second kappa shape index (κ2) is 2.05. The van der Waals surface area contributed by atoms with Crippen LogP contribution in [0.1, 0.15) is 5.56 Å². The first-order valence-corrected chi connectivity index (χ1v) is 3.28. The van der Waals surface area contributed by atoms with Gasteiger partial charge in [-0.25, -0.2) is 9.37 Å². The Morgan fingerprint density at radius 2 is 2.45 bits per heavy atom. The van der Waals surface area contributed by atoms with Crippen molar-refractivity contribution in [3.8, 4) is 0 Å². The normalized spacial score (nSPS) is 10.7. The van der Waals surface area contributed by atoms with Gasteiger partial charge in [-0.3, -0.25) is 0 Å². The van der Waals surface area contributed by atoms with Crippen molar-refractivity contribution in [2.45, 2.75) is 6.92 Å². The van der Waals surface area contributed by atoms with Crippen LogP contribution in [0.3, 0.4) is 0 Å². The average Bonchev–Trinajstić information content (AvgIpc) is 2.36. The van der Waals surface area contributed by atoms with E-state index >= 15 is 0 Å². The van der Waals surface area contributed by atoms with Crippen molar-refractivity contribution in [2.24, 2.45) is 0 Å². The summed E-state index contributed by atoms with van der Waals surface area (Å²) < 4.78 is 14.4. The number of hydrogen-bond acceptors (Lipinski definition) is 1. The Balaban J connectivity index is 2.86. The third-order valence-electron chi connectivity index (χ3n) is 1.58. The van der Waals surface area contributed by atoms with E-state index in [-0.39, 0.29) is 5.82 Å². The molecule has 3 heteroatoms. The molecule has 0 atom stereocenters. The fourth-order valence-electron chi connectivity index (χ4n) is 0.960. The largest absolute Gasteiger partial charge is 0.304 e. The van der Waals surface area contributed by atoms with Crippen LogP contribution in [-0.2, 0) is 0 Å². The molecule has 1 radical (unpaired) electrons. The highest BCUT2D eigenvalue weighted by molar-refractivity contribution is 5.39. The Morgan fingerprint density at radius 3 is 3.27 bits per heavy atom. The first kappa shape index (κ1) is 6.34. The van der Waals surface area contributed by atoms with E-state index in [9.17, 15) is 4.39 Å². The van der Waals surface area contributed by atoms with Crippen LogP contribution in [0.15, 0.2) is 18.6 Å². The smallest absolute Gasteiger partial charge is 0.145 e. The molecular weight excluding hydrogens is 143 g/mol. The van der Waals surface area contributed by atoms with E-state index in [4.69, 9.17) is 0 Å². The molecule has 2 nitrogen and oxygen atoms in total. The van der Waals surface area contributed by atoms with E-state index in [0.717, 1.165) is 0 Å². The zero-order valence-electron chi connectivity index (χ0n) is 6.00. The molecule has 11 heavy (non-hydrogen) atoms. The third-order valence-corrected chi connectivity index (χ3v) is 1.58. The predicted octanol–water partition coefficient (Wildman–Crippen LogP) is 1.58. The van der Waals surface area contributed by atoms with E-state index in [1.54, 1.807) is 23.7 Å². The van der Waals surface area contributed by atoms with Crippen molar-refractivity contribution in [1.29, 1.82) is 0 Å². The van der Waals surface area contributed by atoms with Crippen LogP contribution in [0.5, 0.6) is 0 Å². The molecule has 2 aromatic heterocycles. The fraction of sp³-hybridized carbons (Fsp3) is 0.125. The van der Waals surface area contributed by atoms with Gasteiger partial charge in [0, 0.05) is 24.7 Å². The number of imidazole rings is 1. The monoisotopic (exact) mass is 149 g/mol. The van der Waals surface area contributed by atoms with Crippen LogP contribution in [0.25, 0.3) is 5.65 Å². The minimum absolute atomic E-state index is 0.254. The van der Waals surface area contributed by atoms with E-state index in [1.165, 1.54) is 6.20 Å². The quantitative estimate of drug-likeness (QED) is 0.556. The Kier molecular flexibility index (Phi) is 1.18. The van der Waals surface area contributed by atoms with Gasteiger partial charge in [-0.1, -0.05) is 0 Å². The van der Waals surface area contributed by atoms with Crippen molar-refractivity contribution < 1.29 is 4.39 Å². The molecule has 0 spiro atoms. The van der Waals surface area contributed by atoms with Crippen LogP contribution in [0.2, 0.25) is 0 Å². The number of nitrogens with zero attached hydrogens (tertiary/aromatic N) is 2. The maximum absolute atomic E-state index is 12.8. The van der Waals surface area contributed by atoms with Crippen molar-refractivity contribution in [2.75, 3.05) is 0 Å². The molecule has 0 aliphatic rings. The number of rotatable bonds is 0. The Labute approximate surface area is 63.3 Å². The summed E-state index contributed by atoms with van der Waals surface area (Å²) in [6.45, 7) is 1.67. The van der Waals surface area contributed by atoms with Crippen LogP contribution < -0.4 is 0 Å². The maximum Gasteiger partial charge on any atom is 0.145 e. The minimum atomic E-state index is -0.254. The van der Waals surface area contributed by atoms with Gasteiger partial charge < -0.3 is 4.40 Å². The summed E-state index contributed by atoms with van der Waals surface area (Å²) in [6.07, 6.45) is 4.70. The van der Waals surface area contributed by atoms with Gasteiger partial charge in [0.25, 0.3) is 0 Å². The number of hydrogen-bond donors (Lipinski definition) is 0. The highest BCUT2D eigenvalue weighted by Crippen LogP contribution is 2.07. The Morgan fingerprint density at radius 1 is 1.64 bits per heavy atom. The number of pyridine rings is 1. The number of fused-ring (bicyclic) bond motifs is 1. The molecule has 2 aromatic rings. The van der Waals surface area contributed by atoms with Crippen molar-refractivity contribution in [3.05, 3.63) is 36.0 Å². The second-order valence-corrected chi connectivity index (χ2v) is 2.39. The van der Waals surface area contributed by atoms with Gasteiger partial charge in [-0.15, -0.1) is 0 Å². The summed E-state index contributed by atoms with van der Waals surface area (Å²) in [5.74, 6) is -0.254. The van der Waals surface area contributed by atoms with Crippen molar-refractivity contribution >= 4 is 5.65 Å². The Bertz CT molecular complexity index is 356. The average molecular weight is 149 g/mol. The molecule has 0 unspecified atom stereocenters. The third kappa shape index (κ3) is 0.888. The summed E-state index contributed by atoms with van der Waals surface area (Å²) in [6, 6.07) is 2.81. The molecule has 0 saturated carbocycles. The fourth-order valence-corrected chi connectivity index (χ4v) is 0.960. The predicted molar refractivity (Wildman–Crippen MR) is 38.7 cm³/mol. The molecule has 0 bridgehead atoms. The SMILES string of the molecule is Cc1[c]c2nccn2cc1F. The van der Waals surface area contributed by atoms with E-state index in [0.29, 0.717) is 11.2 Å². The van der Waals surface area contributed by atoms with E-state index in [2.05, 4.69) is 11.1 Å². The molecule has 0 N–H and O–H groups in total. The number of aryl methyl sites for hydroxylation is 1. The summed E-state index contributed by atoms with van der Waals surface area (Å²) in [5.41, 5.74) is 1.16. The van der Waals surface area contributed by atoms with Crippen molar-refractivity contribution in [1.82, 2.24) is 9.38 Å². The Hall–Kier alpha value is -1.38. The summed E-state index contributed by atoms with van der Waals surface area (Å²) in [5, 5.41) is 0. The molecule has 0 fully saturated rings. The zero-order valence-corrected chi connectivity index (χ0v) is 6.00. The highest BCUT2D eigenvalue weighted by Gasteiger charge is 1.99. The van der Waals surface area contributed by atoms with Crippen LogP contribution in [0.4, 0.5) is 4.39 Å². The zero-order chi connectivity index (χ0) is 7.84. The van der Waals surface area contributed by atoms with Gasteiger partial charge in [0.1, 0.15) is 11.5 Å². The lowest BCUT2D eigenvalue weighted by Gasteiger charge is -1.95. The van der Waals surface area contributed by atoms with Crippen LogP contribution >= 0.6 is 0 Å². The van der Waals surface area contributed by atoms with Gasteiger partial charge in [-0.05, 0) is 12.5 Å². The lowest BCUT2D eigenvalue weighted by molar-refractivity contribution is 0.609. The first-order valence-electron chi connectivity index (χ1n) is 3.28. The molecular formula is C8H6FN2. The standard InChI is InChI=1S/C8H6FN2/c1-6-4-8-10-2-3-11(8)5-7(6)9/h2-3,5H,1H3. The molecule has 2 heterocycles. The lowest BCUT2D eigenvalue weighted by atomic mass is 10.3. The van der Waals surface area contributed by atoms with Crippen LogP contribution in [0, 0.1) is 18.8 Å². The van der Waals surface area contributed by atoms with Gasteiger partial charge in [0.2, 0.25) is 0 Å².